The van der Waals surface area contributed by atoms with Crippen LogP contribution >= 0.6 is 0 Å². The number of aliphatic carboxylic acids is 1. The molecule has 0 aromatic heterocycles. The summed E-state index contributed by atoms with van der Waals surface area (Å²) in [6, 6.07) is 9.54. The maximum absolute atomic E-state index is 13.8. The highest BCUT2D eigenvalue weighted by Crippen LogP contribution is 2.51. The van der Waals surface area contributed by atoms with Gasteiger partial charge < -0.3 is 14.9 Å². The molecule has 8 heteroatoms. The molecule has 2 aromatic carbocycles. The van der Waals surface area contributed by atoms with Gasteiger partial charge in [0.25, 0.3) is 0 Å². The standard InChI is InChI=1S/C25H28N2O6/c1-5-13-8-7-9-14(6-2)21(13)27-22(29)18-19(23(27)30)25(3,24(31)32)26-20(18)15-10-11-16(28)17(12-15)33-4/h7-12,18-20,26,28H,5-6H2,1-4H3,(H,31,32). The minimum Gasteiger partial charge on any atom is -0.504 e. The average molecular weight is 453 g/mol. The Morgan fingerprint density at radius 3 is 2.30 bits per heavy atom. The third-order valence-corrected chi connectivity index (χ3v) is 6.98. The van der Waals surface area contributed by atoms with Crippen molar-refractivity contribution in [1.29, 1.82) is 0 Å². The molecular weight excluding hydrogens is 424 g/mol. The number of hydrogen-bond acceptors (Lipinski definition) is 6. The van der Waals surface area contributed by atoms with E-state index in [1.165, 1.54) is 25.0 Å². The van der Waals surface area contributed by atoms with Crippen LogP contribution in [0.5, 0.6) is 11.5 Å². The third kappa shape index (κ3) is 3.28. The van der Waals surface area contributed by atoms with Crippen molar-refractivity contribution in [3.63, 3.8) is 0 Å². The van der Waals surface area contributed by atoms with E-state index in [9.17, 15) is 24.6 Å². The number of phenols is 1. The lowest BCUT2D eigenvalue weighted by atomic mass is 9.80. The lowest BCUT2D eigenvalue weighted by Gasteiger charge is -2.29. The number of amides is 2. The summed E-state index contributed by atoms with van der Waals surface area (Å²) < 4.78 is 5.20. The van der Waals surface area contributed by atoms with Gasteiger partial charge in [-0.1, -0.05) is 38.1 Å². The van der Waals surface area contributed by atoms with E-state index in [0.29, 0.717) is 24.1 Å². The van der Waals surface area contributed by atoms with E-state index in [1.54, 1.807) is 12.1 Å². The Bertz CT molecular complexity index is 1120. The maximum Gasteiger partial charge on any atom is 0.324 e. The summed E-state index contributed by atoms with van der Waals surface area (Å²) in [6.07, 6.45) is 1.26. The second kappa shape index (κ2) is 8.19. The topological polar surface area (TPSA) is 116 Å². The third-order valence-electron chi connectivity index (χ3n) is 6.98. The van der Waals surface area contributed by atoms with Gasteiger partial charge >= 0.3 is 5.97 Å². The van der Waals surface area contributed by atoms with Gasteiger partial charge in [-0.2, -0.15) is 0 Å². The van der Waals surface area contributed by atoms with Gasteiger partial charge in [-0.15, -0.1) is 0 Å². The Morgan fingerprint density at radius 2 is 1.76 bits per heavy atom. The number of rotatable bonds is 6. The number of carbonyl (C=O) groups is 3. The first-order valence-electron chi connectivity index (χ1n) is 11.1. The number of hydrogen-bond donors (Lipinski definition) is 3. The molecule has 2 heterocycles. The van der Waals surface area contributed by atoms with Crippen molar-refractivity contribution in [2.45, 2.75) is 45.2 Å². The molecule has 2 fully saturated rings. The van der Waals surface area contributed by atoms with Crippen LogP contribution in [-0.4, -0.2) is 40.6 Å². The predicted octanol–water partition coefficient (Wildman–Crippen LogP) is 2.82. The fourth-order valence-corrected chi connectivity index (χ4v) is 5.23. The van der Waals surface area contributed by atoms with Gasteiger partial charge in [0.1, 0.15) is 5.54 Å². The summed E-state index contributed by atoms with van der Waals surface area (Å²) in [7, 11) is 1.41. The van der Waals surface area contributed by atoms with Gasteiger partial charge in [0.2, 0.25) is 11.8 Å². The Morgan fingerprint density at radius 1 is 1.12 bits per heavy atom. The minimum absolute atomic E-state index is 0.0725. The number of fused-ring (bicyclic) bond motifs is 1. The Labute approximate surface area is 192 Å². The molecule has 2 amide bonds. The number of aromatic hydroxyl groups is 1. The summed E-state index contributed by atoms with van der Waals surface area (Å²) >= 11 is 0. The smallest absolute Gasteiger partial charge is 0.324 e. The van der Waals surface area contributed by atoms with Crippen LogP contribution in [0.15, 0.2) is 36.4 Å². The first kappa shape index (κ1) is 22.8. The molecule has 2 aromatic rings. The summed E-state index contributed by atoms with van der Waals surface area (Å²) in [4.78, 5) is 41.1. The SMILES string of the molecule is CCc1cccc(CC)c1N1C(=O)C2C(c3ccc(O)c(OC)c3)NC(C)(C(=O)O)C2C1=O. The van der Waals surface area contributed by atoms with E-state index in [2.05, 4.69) is 5.32 Å². The molecule has 0 saturated carbocycles. The normalized spacial score (nSPS) is 26.5. The highest BCUT2D eigenvalue weighted by atomic mass is 16.5. The van der Waals surface area contributed by atoms with Gasteiger partial charge in [0.05, 0.1) is 24.6 Å². The molecule has 2 aliphatic rings. The van der Waals surface area contributed by atoms with Gasteiger partial charge in [-0.25, -0.2) is 4.90 Å². The van der Waals surface area contributed by atoms with E-state index in [4.69, 9.17) is 4.74 Å². The van der Waals surface area contributed by atoms with Crippen molar-refractivity contribution in [2.24, 2.45) is 11.8 Å². The molecule has 0 radical (unpaired) electrons. The Kier molecular flexibility index (Phi) is 5.66. The number of carboxylic acids is 1. The second-order valence-electron chi connectivity index (χ2n) is 8.71. The molecule has 0 aliphatic carbocycles. The molecule has 0 bridgehead atoms. The zero-order valence-corrected chi connectivity index (χ0v) is 19.1. The largest absolute Gasteiger partial charge is 0.504 e. The summed E-state index contributed by atoms with van der Waals surface area (Å²) in [5, 5.41) is 23.1. The van der Waals surface area contributed by atoms with Crippen LogP contribution in [0.2, 0.25) is 0 Å². The molecular formula is C25H28N2O6. The molecule has 4 atom stereocenters. The van der Waals surface area contributed by atoms with E-state index in [0.717, 1.165) is 11.1 Å². The zero-order valence-electron chi connectivity index (χ0n) is 19.1. The van der Waals surface area contributed by atoms with Crippen LogP contribution in [-0.2, 0) is 27.2 Å². The maximum atomic E-state index is 13.8. The van der Waals surface area contributed by atoms with Crippen molar-refractivity contribution >= 4 is 23.5 Å². The van der Waals surface area contributed by atoms with Gasteiger partial charge in [-0.05, 0) is 48.6 Å². The van der Waals surface area contributed by atoms with Gasteiger partial charge in [-0.3, -0.25) is 19.7 Å². The predicted molar refractivity (Wildman–Crippen MR) is 121 cm³/mol. The lowest BCUT2D eigenvalue weighted by molar-refractivity contribution is -0.147. The number of methoxy groups -OCH3 is 1. The zero-order chi connectivity index (χ0) is 24.1. The number of nitrogens with zero attached hydrogens (tertiary/aromatic N) is 1. The molecule has 4 unspecified atom stereocenters. The van der Waals surface area contributed by atoms with Crippen LogP contribution < -0.4 is 15.0 Å². The number of anilines is 1. The average Bonchev–Trinajstić information content (AvgIpc) is 3.27. The van der Waals surface area contributed by atoms with Crippen molar-refractivity contribution in [3.8, 4) is 11.5 Å². The number of carboxylic acid groups (broad SMARTS) is 1. The molecule has 4 rings (SSSR count). The fourth-order valence-electron chi connectivity index (χ4n) is 5.23. The molecule has 0 spiro atoms. The lowest BCUT2D eigenvalue weighted by Crippen LogP contribution is -2.53. The van der Waals surface area contributed by atoms with E-state index < -0.39 is 41.2 Å². The number of nitrogens with one attached hydrogen (secondary N) is 1. The summed E-state index contributed by atoms with van der Waals surface area (Å²) in [5.74, 6) is -4.00. The summed E-state index contributed by atoms with van der Waals surface area (Å²) in [5.41, 5.74) is 1.22. The van der Waals surface area contributed by atoms with Gasteiger partial charge in [0.15, 0.2) is 11.5 Å². The molecule has 33 heavy (non-hydrogen) atoms. The molecule has 2 saturated heterocycles. The summed E-state index contributed by atoms with van der Waals surface area (Å²) in [6.45, 7) is 5.36. The highest BCUT2D eigenvalue weighted by molar-refractivity contribution is 6.24. The van der Waals surface area contributed by atoms with E-state index in [-0.39, 0.29) is 11.5 Å². The Hall–Kier alpha value is -3.39. The Balaban J connectivity index is 1.88. The number of imide groups is 1. The van der Waals surface area contributed by atoms with Crippen LogP contribution in [0.3, 0.4) is 0 Å². The van der Waals surface area contributed by atoms with Crippen molar-refractivity contribution in [2.75, 3.05) is 12.0 Å². The molecule has 174 valence electrons. The number of phenolic OH excluding ortho intramolecular Hbond substituents is 1. The van der Waals surface area contributed by atoms with Crippen molar-refractivity contribution in [3.05, 3.63) is 53.1 Å². The number of para-hydroxylation sites is 1. The number of carbonyl (C=O) groups excluding carboxylic acids is 2. The van der Waals surface area contributed by atoms with Crippen molar-refractivity contribution < 1.29 is 29.3 Å². The first-order chi connectivity index (χ1) is 15.7. The van der Waals surface area contributed by atoms with E-state index in [1.807, 2.05) is 32.0 Å². The quantitative estimate of drug-likeness (QED) is 0.577. The highest BCUT2D eigenvalue weighted by Gasteiger charge is 2.67. The monoisotopic (exact) mass is 452 g/mol. The fraction of sp³-hybridized carbons (Fsp3) is 0.400. The van der Waals surface area contributed by atoms with Crippen molar-refractivity contribution in [1.82, 2.24) is 5.32 Å². The molecule has 2 aliphatic heterocycles. The number of aryl methyl sites for hydroxylation is 2. The second-order valence-corrected chi connectivity index (χ2v) is 8.71. The van der Waals surface area contributed by atoms with Crippen LogP contribution in [0, 0.1) is 11.8 Å². The minimum atomic E-state index is -1.64. The van der Waals surface area contributed by atoms with Crippen LogP contribution in [0.4, 0.5) is 5.69 Å². The number of benzene rings is 2. The molecule has 3 N–H and O–H groups in total. The van der Waals surface area contributed by atoms with Gasteiger partial charge in [0, 0.05) is 6.04 Å². The molecule has 8 nitrogen and oxygen atoms in total. The van der Waals surface area contributed by atoms with Crippen LogP contribution in [0.25, 0.3) is 0 Å². The van der Waals surface area contributed by atoms with E-state index >= 15 is 0 Å². The van der Waals surface area contributed by atoms with Crippen LogP contribution in [0.1, 0.15) is 43.5 Å². The first-order valence-corrected chi connectivity index (χ1v) is 11.1. The number of ether oxygens (including phenoxy) is 1.